The molecule has 2 rings (SSSR count). The lowest BCUT2D eigenvalue weighted by molar-refractivity contribution is -0.123. The second-order valence-corrected chi connectivity index (χ2v) is 8.44. The number of sulfone groups is 1. The Balaban J connectivity index is 2.00. The van der Waals surface area contributed by atoms with E-state index in [4.69, 9.17) is 4.74 Å². The zero-order valence-corrected chi connectivity index (χ0v) is 16.4. The Kier molecular flexibility index (Phi) is 6.42. The topological polar surface area (TPSA) is 72.5 Å². The van der Waals surface area contributed by atoms with Crippen LogP contribution in [0.5, 0.6) is 5.75 Å². The normalized spacial score (nSPS) is 12.5. The van der Waals surface area contributed by atoms with Gasteiger partial charge in [0.2, 0.25) is 0 Å². The first kappa shape index (κ1) is 20.0. The number of aryl methyl sites for hydroxylation is 2. The molecule has 6 heteroatoms. The van der Waals surface area contributed by atoms with Crippen LogP contribution in [0.15, 0.2) is 47.4 Å². The zero-order valence-electron chi connectivity index (χ0n) is 15.6. The Bertz CT molecular complexity index is 873. The number of benzene rings is 2. The molecular weight excluding hydrogens is 350 g/mol. The maximum absolute atomic E-state index is 12.2. The first-order valence-electron chi connectivity index (χ1n) is 8.50. The summed E-state index contributed by atoms with van der Waals surface area (Å²) in [6.07, 6.45) is 1.86. The molecule has 0 aromatic heterocycles. The molecule has 140 valence electrons. The molecule has 0 spiro atoms. The van der Waals surface area contributed by atoms with Gasteiger partial charge in [0.25, 0.3) is 5.91 Å². The van der Waals surface area contributed by atoms with Crippen LogP contribution in [0.2, 0.25) is 0 Å². The molecule has 0 saturated heterocycles. The van der Waals surface area contributed by atoms with Gasteiger partial charge in [-0.25, -0.2) is 8.42 Å². The predicted molar refractivity (Wildman–Crippen MR) is 102 cm³/mol. The van der Waals surface area contributed by atoms with E-state index in [-0.39, 0.29) is 23.5 Å². The number of rotatable bonds is 7. The van der Waals surface area contributed by atoms with Crippen molar-refractivity contribution in [3.63, 3.8) is 0 Å². The fourth-order valence-electron chi connectivity index (χ4n) is 2.61. The smallest absolute Gasteiger partial charge is 0.258 e. The Morgan fingerprint density at radius 3 is 2.35 bits per heavy atom. The summed E-state index contributed by atoms with van der Waals surface area (Å²) in [5, 5.41) is 2.93. The summed E-state index contributed by atoms with van der Waals surface area (Å²) in [6, 6.07) is 12.3. The summed E-state index contributed by atoms with van der Waals surface area (Å²) in [6.45, 7) is 5.80. The van der Waals surface area contributed by atoms with Crippen LogP contribution in [0.3, 0.4) is 0 Å². The van der Waals surface area contributed by atoms with E-state index in [9.17, 15) is 13.2 Å². The molecule has 1 atom stereocenters. The summed E-state index contributed by atoms with van der Waals surface area (Å²) >= 11 is 0. The summed E-state index contributed by atoms with van der Waals surface area (Å²) in [4.78, 5) is 12.5. The van der Waals surface area contributed by atoms with Crippen LogP contribution in [0.4, 0.5) is 0 Å². The summed E-state index contributed by atoms with van der Waals surface area (Å²) in [5.74, 6) is 0.482. The summed E-state index contributed by atoms with van der Waals surface area (Å²) < 4.78 is 28.7. The molecule has 2 aromatic carbocycles. The molecule has 1 N–H and O–H groups in total. The average molecular weight is 375 g/mol. The highest BCUT2D eigenvalue weighted by atomic mass is 32.2. The highest BCUT2D eigenvalue weighted by Crippen LogP contribution is 2.21. The maximum atomic E-state index is 12.2. The lowest BCUT2D eigenvalue weighted by Gasteiger charge is -2.18. The molecule has 0 aliphatic rings. The number of amides is 1. The zero-order chi connectivity index (χ0) is 19.3. The molecule has 5 nitrogen and oxygen atoms in total. The van der Waals surface area contributed by atoms with E-state index in [2.05, 4.69) is 5.32 Å². The molecule has 0 aliphatic heterocycles. The number of carbonyl (C=O) groups excluding carboxylic acids is 1. The Hall–Kier alpha value is -2.34. The van der Waals surface area contributed by atoms with Crippen LogP contribution in [0, 0.1) is 13.8 Å². The third kappa shape index (κ3) is 5.33. The van der Waals surface area contributed by atoms with Crippen molar-refractivity contribution in [3.05, 3.63) is 59.2 Å². The Morgan fingerprint density at radius 2 is 1.77 bits per heavy atom. The minimum atomic E-state index is -3.23. The first-order chi connectivity index (χ1) is 12.2. The molecular formula is C20H25NO4S. The quantitative estimate of drug-likeness (QED) is 0.805. The SMILES string of the molecule is CC[C@@H](NC(=O)COc1cc(C)ccc1C)c1ccc(S(C)(=O)=O)cc1. The van der Waals surface area contributed by atoms with E-state index in [1.807, 2.05) is 39.0 Å². The van der Waals surface area contributed by atoms with Crippen LogP contribution in [-0.2, 0) is 14.6 Å². The molecule has 0 unspecified atom stereocenters. The standard InChI is InChI=1S/C20H25NO4S/c1-5-18(16-8-10-17(11-9-16)26(4,23)24)21-20(22)13-25-19-12-14(2)6-7-15(19)3/h6-12,18H,5,13H2,1-4H3,(H,21,22)/t18-/m1/s1. The van der Waals surface area contributed by atoms with E-state index in [1.165, 1.54) is 6.26 Å². The van der Waals surface area contributed by atoms with Crippen LogP contribution >= 0.6 is 0 Å². The minimum absolute atomic E-state index is 0.0672. The third-order valence-electron chi connectivity index (χ3n) is 4.16. The fraction of sp³-hybridized carbons (Fsp3) is 0.350. The first-order valence-corrected chi connectivity index (χ1v) is 10.4. The van der Waals surface area contributed by atoms with E-state index in [0.717, 1.165) is 16.7 Å². The highest BCUT2D eigenvalue weighted by molar-refractivity contribution is 7.90. The van der Waals surface area contributed by atoms with Gasteiger partial charge >= 0.3 is 0 Å². The van der Waals surface area contributed by atoms with Crippen molar-refractivity contribution in [1.82, 2.24) is 5.32 Å². The number of ether oxygens (including phenoxy) is 1. The van der Waals surface area contributed by atoms with Crippen LogP contribution in [0.1, 0.15) is 36.1 Å². The van der Waals surface area contributed by atoms with Crippen molar-refractivity contribution >= 4 is 15.7 Å². The van der Waals surface area contributed by atoms with Gasteiger partial charge in [0, 0.05) is 6.26 Å². The van der Waals surface area contributed by atoms with E-state index in [1.54, 1.807) is 24.3 Å². The lowest BCUT2D eigenvalue weighted by atomic mass is 10.0. The average Bonchev–Trinajstić information content (AvgIpc) is 2.60. The predicted octanol–water partition coefficient (Wildman–Crippen LogP) is 3.35. The molecule has 0 aliphatic carbocycles. The van der Waals surface area contributed by atoms with Gasteiger partial charge in [0.05, 0.1) is 10.9 Å². The molecule has 0 heterocycles. The minimum Gasteiger partial charge on any atom is -0.483 e. The van der Waals surface area contributed by atoms with Gasteiger partial charge in [-0.2, -0.15) is 0 Å². The van der Waals surface area contributed by atoms with E-state index < -0.39 is 9.84 Å². The second-order valence-electron chi connectivity index (χ2n) is 6.43. The molecule has 1 amide bonds. The monoisotopic (exact) mass is 375 g/mol. The Labute approximate surface area is 155 Å². The van der Waals surface area contributed by atoms with Crippen molar-refractivity contribution in [2.45, 2.75) is 38.1 Å². The number of hydrogen-bond acceptors (Lipinski definition) is 4. The maximum Gasteiger partial charge on any atom is 0.258 e. The van der Waals surface area contributed by atoms with Gasteiger partial charge in [0.15, 0.2) is 16.4 Å². The van der Waals surface area contributed by atoms with Gasteiger partial charge in [0.1, 0.15) is 5.75 Å². The Morgan fingerprint density at radius 1 is 1.12 bits per heavy atom. The number of carbonyl (C=O) groups is 1. The largest absolute Gasteiger partial charge is 0.483 e. The van der Waals surface area contributed by atoms with E-state index in [0.29, 0.717) is 12.2 Å². The van der Waals surface area contributed by atoms with Crippen molar-refractivity contribution in [1.29, 1.82) is 0 Å². The van der Waals surface area contributed by atoms with Gasteiger partial charge < -0.3 is 10.1 Å². The summed E-state index contributed by atoms with van der Waals surface area (Å²) in [5.41, 5.74) is 2.91. The van der Waals surface area contributed by atoms with Crippen molar-refractivity contribution in [2.24, 2.45) is 0 Å². The van der Waals surface area contributed by atoms with Gasteiger partial charge in [-0.3, -0.25) is 4.79 Å². The van der Waals surface area contributed by atoms with Crippen LogP contribution in [0.25, 0.3) is 0 Å². The second kappa shape index (κ2) is 8.36. The molecule has 0 saturated carbocycles. The number of nitrogens with one attached hydrogen (secondary N) is 1. The van der Waals surface area contributed by atoms with Gasteiger partial charge in [-0.1, -0.05) is 31.2 Å². The fourth-order valence-corrected chi connectivity index (χ4v) is 3.24. The van der Waals surface area contributed by atoms with Crippen LogP contribution < -0.4 is 10.1 Å². The highest BCUT2D eigenvalue weighted by Gasteiger charge is 2.15. The molecule has 0 radical (unpaired) electrons. The molecule has 26 heavy (non-hydrogen) atoms. The van der Waals surface area contributed by atoms with Crippen molar-refractivity contribution in [3.8, 4) is 5.75 Å². The van der Waals surface area contributed by atoms with Crippen molar-refractivity contribution < 1.29 is 17.9 Å². The molecule has 0 fully saturated rings. The van der Waals surface area contributed by atoms with Crippen LogP contribution in [-0.4, -0.2) is 27.2 Å². The number of hydrogen-bond donors (Lipinski definition) is 1. The van der Waals surface area contributed by atoms with Crippen molar-refractivity contribution in [2.75, 3.05) is 12.9 Å². The van der Waals surface area contributed by atoms with Gasteiger partial charge in [-0.15, -0.1) is 0 Å². The molecule has 2 aromatic rings. The van der Waals surface area contributed by atoms with E-state index >= 15 is 0 Å². The van der Waals surface area contributed by atoms with Gasteiger partial charge in [-0.05, 0) is 55.2 Å². The third-order valence-corrected chi connectivity index (χ3v) is 5.28. The molecule has 0 bridgehead atoms. The summed E-state index contributed by atoms with van der Waals surface area (Å²) in [7, 11) is -3.23. The lowest BCUT2D eigenvalue weighted by Crippen LogP contribution is -2.32.